The summed E-state index contributed by atoms with van der Waals surface area (Å²) in [5.41, 5.74) is 0. The van der Waals surface area contributed by atoms with Gasteiger partial charge in [0.1, 0.15) is 0 Å². The predicted octanol–water partition coefficient (Wildman–Crippen LogP) is 7.37. The standard InChI is InChI=1S/C23H40/c1-3-5-6-7-9-21-12-16-23(17-13-21)19-18-22-14-10-20(8-4-2)11-15-22/h20-23H,3-17H2,1-2H3. The van der Waals surface area contributed by atoms with E-state index in [0.717, 1.165) is 23.7 Å². The second kappa shape index (κ2) is 11.2. The third kappa shape index (κ3) is 7.32. The number of hydrogen-bond donors (Lipinski definition) is 0. The lowest BCUT2D eigenvalue weighted by atomic mass is 9.78. The smallest absolute Gasteiger partial charge is 0.0203 e. The van der Waals surface area contributed by atoms with Gasteiger partial charge in [-0.25, -0.2) is 0 Å². The van der Waals surface area contributed by atoms with Crippen molar-refractivity contribution >= 4 is 0 Å². The SMILES string of the molecule is CCCCCCC1CCC(C#CC2CCC(CCC)CC2)CC1. The van der Waals surface area contributed by atoms with E-state index in [2.05, 4.69) is 25.7 Å². The van der Waals surface area contributed by atoms with Gasteiger partial charge < -0.3 is 0 Å². The van der Waals surface area contributed by atoms with Crippen molar-refractivity contribution in [3.63, 3.8) is 0 Å². The zero-order valence-corrected chi connectivity index (χ0v) is 15.9. The summed E-state index contributed by atoms with van der Waals surface area (Å²) in [5, 5.41) is 0. The molecule has 2 aliphatic carbocycles. The van der Waals surface area contributed by atoms with E-state index in [-0.39, 0.29) is 0 Å². The minimum Gasteiger partial charge on any atom is -0.0996 e. The fourth-order valence-electron chi connectivity index (χ4n) is 4.69. The van der Waals surface area contributed by atoms with Crippen molar-refractivity contribution in [2.75, 3.05) is 0 Å². The van der Waals surface area contributed by atoms with E-state index < -0.39 is 0 Å². The van der Waals surface area contributed by atoms with Crippen molar-refractivity contribution < 1.29 is 0 Å². The van der Waals surface area contributed by atoms with Gasteiger partial charge in [-0.05, 0) is 63.2 Å². The molecule has 2 rings (SSSR count). The van der Waals surface area contributed by atoms with Gasteiger partial charge in [-0.3, -0.25) is 0 Å². The van der Waals surface area contributed by atoms with Crippen LogP contribution in [0.3, 0.4) is 0 Å². The van der Waals surface area contributed by atoms with Crippen LogP contribution in [0.25, 0.3) is 0 Å². The Morgan fingerprint density at radius 3 is 1.57 bits per heavy atom. The fraction of sp³-hybridized carbons (Fsp3) is 0.913. The average molecular weight is 317 g/mol. The van der Waals surface area contributed by atoms with Crippen molar-refractivity contribution in [1.29, 1.82) is 0 Å². The second-order valence-electron chi connectivity index (χ2n) is 8.36. The molecule has 0 heterocycles. The first-order chi connectivity index (χ1) is 11.3. The summed E-state index contributed by atoms with van der Waals surface area (Å²) in [5.74, 6) is 10.9. The zero-order chi connectivity index (χ0) is 16.3. The molecule has 0 N–H and O–H groups in total. The van der Waals surface area contributed by atoms with Gasteiger partial charge in [0, 0.05) is 11.8 Å². The summed E-state index contributed by atoms with van der Waals surface area (Å²) in [6.07, 6.45) is 21.3. The summed E-state index contributed by atoms with van der Waals surface area (Å²) in [6, 6.07) is 0. The summed E-state index contributed by atoms with van der Waals surface area (Å²) >= 11 is 0. The van der Waals surface area contributed by atoms with Crippen molar-refractivity contribution in [2.24, 2.45) is 23.7 Å². The van der Waals surface area contributed by atoms with E-state index in [4.69, 9.17) is 0 Å². The first-order valence-electron chi connectivity index (χ1n) is 10.8. The predicted molar refractivity (Wildman–Crippen MR) is 102 cm³/mol. The first kappa shape index (κ1) is 18.9. The van der Waals surface area contributed by atoms with E-state index >= 15 is 0 Å². The van der Waals surface area contributed by atoms with Crippen LogP contribution >= 0.6 is 0 Å². The molecule has 0 spiro atoms. The Kier molecular flexibility index (Phi) is 9.18. The maximum atomic E-state index is 3.69. The minimum atomic E-state index is 0.731. The first-order valence-corrected chi connectivity index (χ1v) is 10.8. The Morgan fingerprint density at radius 2 is 1.09 bits per heavy atom. The molecule has 0 amide bonds. The maximum Gasteiger partial charge on any atom is 0.0203 e. The molecule has 0 bridgehead atoms. The topological polar surface area (TPSA) is 0 Å². The molecule has 0 aromatic carbocycles. The Labute approximate surface area is 146 Å². The number of rotatable bonds is 7. The summed E-state index contributed by atoms with van der Waals surface area (Å²) in [7, 11) is 0. The van der Waals surface area contributed by atoms with Gasteiger partial charge >= 0.3 is 0 Å². The molecule has 0 unspecified atom stereocenters. The molecule has 2 fully saturated rings. The molecule has 0 aromatic rings. The molecule has 2 aliphatic rings. The molecule has 0 heteroatoms. The highest BCUT2D eigenvalue weighted by Gasteiger charge is 2.21. The van der Waals surface area contributed by atoms with Gasteiger partial charge in [0.2, 0.25) is 0 Å². The van der Waals surface area contributed by atoms with E-state index in [1.807, 2.05) is 0 Å². The third-order valence-corrected chi connectivity index (χ3v) is 6.35. The van der Waals surface area contributed by atoms with Crippen LogP contribution in [0.4, 0.5) is 0 Å². The molecule has 0 saturated heterocycles. The molecule has 132 valence electrons. The lowest BCUT2D eigenvalue weighted by Gasteiger charge is -2.27. The molecule has 0 atom stereocenters. The monoisotopic (exact) mass is 316 g/mol. The summed E-state index contributed by atoms with van der Waals surface area (Å²) in [6.45, 7) is 4.63. The normalized spacial score (nSPS) is 31.4. The van der Waals surface area contributed by atoms with Crippen LogP contribution < -0.4 is 0 Å². The van der Waals surface area contributed by atoms with Gasteiger partial charge in [0.15, 0.2) is 0 Å². The van der Waals surface area contributed by atoms with Crippen molar-refractivity contribution in [2.45, 2.75) is 110 Å². The van der Waals surface area contributed by atoms with Crippen LogP contribution in [-0.4, -0.2) is 0 Å². The van der Waals surface area contributed by atoms with E-state index in [9.17, 15) is 0 Å². The van der Waals surface area contributed by atoms with Gasteiger partial charge in [0.25, 0.3) is 0 Å². The highest BCUT2D eigenvalue weighted by atomic mass is 14.3. The van der Waals surface area contributed by atoms with Crippen molar-refractivity contribution in [3.05, 3.63) is 0 Å². The summed E-state index contributed by atoms with van der Waals surface area (Å²) < 4.78 is 0. The Morgan fingerprint density at radius 1 is 0.565 bits per heavy atom. The van der Waals surface area contributed by atoms with E-state index in [1.165, 1.54) is 96.3 Å². The fourth-order valence-corrected chi connectivity index (χ4v) is 4.69. The van der Waals surface area contributed by atoms with Gasteiger partial charge in [-0.15, -0.1) is 0 Å². The highest BCUT2D eigenvalue weighted by Crippen LogP contribution is 2.33. The van der Waals surface area contributed by atoms with Crippen molar-refractivity contribution in [1.82, 2.24) is 0 Å². The average Bonchev–Trinajstić information content (AvgIpc) is 2.59. The van der Waals surface area contributed by atoms with Crippen LogP contribution in [0.5, 0.6) is 0 Å². The molecule has 0 aromatic heterocycles. The molecule has 2 saturated carbocycles. The van der Waals surface area contributed by atoms with Gasteiger partial charge in [0.05, 0.1) is 0 Å². The Bertz CT molecular complexity index is 342. The number of unbranched alkanes of at least 4 members (excludes halogenated alkanes) is 3. The lowest BCUT2D eigenvalue weighted by molar-refractivity contribution is 0.290. The molecular weight excluding hydrogens is 276 g/mol. The summed E-state index contributed by atoms with van der Waals surface area (Å²) in [4.78, 5) is 0. The van der Waals surface area contributed by atoms with Gasteiger partial charge in [-0.2, -0.15) is 0 Å². The van der Waals surface area contributed by atoms with E-state index in [0.29, 0.717) is 0 Å². The second-order valence-corrected chi connectivity index (χ2v) is 8.36. The molecular formula is C23H40. The van der Waals surface area contributed by atoms with Crippen LogP contribution in [0, 0.1) is 35.5 Å². The molecule has 0 nitrogen and oxygen atoms in total. The largest absolute Gasteiger partial charge is 0.0996 e. The van der Waals surface area contributed by atoms with Crippen LogP contribution in [0.15, 0.2) is 0 Å². The van der Waals surface area contributed by atoms with E-state index in [1.54, 1.807) is 0 Å². The van der Waals surface area contributed by atoms with Crippen molar-refractivity contribution in [3.8, 4) is 11.8 Å². The maximum absolute atomic E-state index is 3.69. The Balaban J connectivity index is 1.60. The van der Waals surface area contributed by atoms with Gasteiger partial charge in [-0.1, -0.05) is 70.6 Å². The zero-order valence-electron chi connectivity index (χ0n) is 15.9. The Hall–Kier alpha value is -0.440. The van der Waals surface area contributed by atoms with Crippen LogP contribution in [0.2, 0.25) is 0 Å². The van der Waals surface area contributed by atoms with Crippen LogP contribution in [0.1, 0.15) is 110 Å². The van der Waals surface area contributed by atoms with Crippen LogP contribution in [-0.2, 0) is 0 Å². The molecule has 23 heavy (non-hydrogen) atoms. The highest BCUT2D eigenvalue weighted by molar-refractivity contribution is 5.09. The molecule has 0 aliphatic heterocycles. The quantitative estimate of drug-likeness (QED) is 0.339. The minimum absolute atomic E-state index is 0.731. The lowest BCUT2D eigenvalue weighted by Crippen LogP contribution is -2.15. The molecule has 0 radical (unpaired) electrons. The number of hydrogen-bond acceptors (Lipinski definition) is 0. The third-order valence-electron chi connectivity index (χ3n) is 6.35.